The Hall–Kier alpha value is -8.56. The van der Waals surface area contributed by atoms with Crippen LogP contribution in [0.4, 0.5) is 0 Å². The number of aliphatic hydroxyl groups excluding tert-OH is 32. The molecule has 0 aromatic carbocycles. The van der Waals surface area contributed by atoms with Crippen molar-refractivity contribution in [2.75, 3.05) is 105 Å². The maximum absolute atomic E-state index is 11.3. The summed E-state index contributed by atoms with van der Waals surface area (Å²) in [6, 6.07) is 22.5. The van der Waals surface area contributed by atoms with Crippen molar-refractivity contribution >= 4 is 46.4 Å². The highest BCUT2D eigenvalue weighted by atomic mass is 16.7. The Labute approximate surface area is 845 Å². The lowest BCUT2D eigenvalue weighted by Crippen LogP contribution is -2.61. The molecule has 36 atom stereocenters. The molecule has 6 aliphatic rings. The summed E-state index contributed by atoms with van der Waals surface area (Å²) in [6.45, 7) is -6.81. The fourth-order valence-electron chi connectivity index (χ4n) is 18.1. The summed E-state index contributed by atoms with van der Waals surface area (Å²) >= 11 is 0. The Balaban J connectivity index is 0.828. The molecule has 52 nitrogen and oxygen atoms in total. The number of fused-ring (bicyclic) bond motifs is 8. The highest BCUT2D eigenvalue weighted by molar-refractivity contribution is 6.00. The third-order valence-electron chi connectivity index (χ3n) is 26.8. The van der Waals surface area contributed by atoms with Gasteiger partial charge in [0.05, 0.1) is 126 Å². The highest BCUT2D eigenvalue weighted by Crippen LogP contribution is 2.40. The van der Waals surface area contributed by atoms with Gasteiger partial charge in [-0.2, -0.15) is 0 Å². The molecule has 8 bridgehead atoms. The van der Waals surface area contributed by atoms with Gasteiger partial charge in [-0.05, 0) is 70.8 Å². The number of nitrogens with one attached hydrogen (secondary N) is 6. The van der Waals surface area contributed by atoms with Crippen LogP contribution in [-0.2, 0) is 64.1 Å². The first kappa shape index (κ1) is 117. The van der Waals surface area contributed by atoms with E-state index in [2.05, 4.69) is 31.2 Å². The van der Waals surface area contributed by atoms with E-state index in [4.69, 9.17) is 47.9 Å². The van der Waals surface area contributed by atoms with E-state index in [1.54, 1.807) is 37.2 Å². The van der Waals surface area contributed by atoms with Crippen LogP contribution < -0.4 is 39.5 Å². The van der Waals surface area contributed by atoms with E-state index >= 15 is 0 Å². The second-order valence-corrected chi connectivity index (χ2v) is 37.0. The smallest absolute Gasteiger partial charge is 0.187 e. The summed E-state index contributed by atoms with van der Waals surface area (Å²) in [5, 5.41) is 350. The molecular weight excluding hydrogens is 1960 g/mol. The summed E-state index contributed by atoms with van der Waals surface area (Å²) in [6.07, 6.45) is -43.0. The largest absolute Gasteiger partial charge is 0.394 e. The molecule has 7 aromatic heterocycles. The molecule has 52 heteroatoms. The molecule has 4 fully saturated rings. The summed E-state index contributed by atoms with van der Waals surface area (Å²) in [7, 11) is 0. The second kappa shape index (κ2) is 54.3. The van der Waals surface area contributed by atoms with E-state index in [9.17, 15) is 163 Å². The molecule has 0 aliphatic carbocycles. The highest BCUT2D eigenvalue weighted by Gasteiger charge is 2.52. The third kappa shape index (κ3) is 27.8. The van der Waals surface area contributed by atoms with Gasteiger partial charge in [0.25, 0.3) is 0 Å². The monoisotopic (exact) mass is 2100 g/mol. The first-order chi connectivity index (χ1) is 71.0. The zero-order valence-electron chi connectivity index (χ0n) is 80.0. The minimum atomic E-state index is -1.95. The maximum Gasteiger partial charge on any atom is 0.187 e. The van der Waals surface area contributed by atoms with Crippen LogP contribution in [0, 0.1) is 0 Å². The first-order valence-electron chi connectivity index (χ1n) is 48.4. The lowest BCUT2D eigenvalue weighted by molar-refractivity contribution is -0.695. The molecule has 0 unspecified atom stereocenters. The van der Waals surface area contributed by atoms with E-state index in [-0.39, 0.29) is 78.5 Å². The van der Waals surface area contributed by atoms with Crippen LogP contribution >= 0.6 is 0 Å². The van der Waals surface area contributed by atoms with Crippen molar-refractivity contribution < 1.29 is 220 Å². The van der Waals surface area contributed by atoms with Crippen molar-refractivity contribution in [1.82, 2.24) is 41.2 Å². The SMILES string of the molecule is OC[C@@H](O)[C@@H](O[C@@H]1O[C@H](CO)[C@@H](O)[C@H](O)[C@H]1O)[C@H](O)[C@@H](O)CNCC[n+]1ccc(-c2c3nc(c(-c4cc[n+](CCNC[C@H](O)[C@@H](O)[C@H](O[C@@H]5O[C@H](CO)[C@@H](O)[C@H](O)[C@H]5O)[C@H](O)CO)cc4)c4ccc([nH]4)c(-c4cc[n+](CCNC[C@H](O)[C@@H](O)[C@H](O[C@@H]5O[C@H](CO)[C@@H](O)[C@H](O)[C@H]5O)[C@H](O)CO)cc4)c4ccc([nH]4)c(-c4cc[n+](CCNC[C@H](O)[C@@H](O)[C@H](O[C@@H]5O[C@H](CO)[C@@H](O)[C@H](O)[C@H]5O)[C@H](O)CO)cc4)c4nc2C=C4)C=C3)cc1. The number of pyridine rings is 4. The first-order valence-corrected chi connectivity index (χ1v) is 48.4. The van der Waals surface area contributed by atoms with Gasteiger partial charge in [-0.15, -0.1) is 0 Å². The van der Waals surface area contributed by atoms with Crippen LogP contribution in [0.1, 0.15) is 22.8 Å². The zero-order chi connectivity index (χ0) is 107. The van der Waals surface area contributed by atoms with Gasteiger partial charge in [-0.3, -0.25) is 0 Å². The molecule has 7 aromatic rings. The lowest BCUT2D eigenvalue weighted by Gasteiger charge is -2.42. The molecule has 0 saturated carbocycles. The Bertz CT molecular complexity index is 5310. The predicted molar refractivity (Wildman–Crippen MR) is 508 cm³/mol. The Morgan fingerprint density at radius 2 is 0.466 bits per heavy atom. The number of H-pyrrole nitrogens is 2. The summed E-state index contributed by atoms with van der Waals surface area (Å²) in [4.78, 5) is 18.4. The fraction of sp³-hybridized carbons (Fsp3) is 0.583. The molecule has 818 valence electrons. The lowest BCUT2D eigenvalue weighted by atomic mass is 9.98. The van der Waals surface area contributed by atoms with Gasteiger partial charge >= 0.3 is 0 Å². The summed E-state index contributed by atoms with van der Waals surface area (Å²) in [5.74, 6) is 0. The zero-order valence-corrected chi connectivity index (χ0v) is 80.0. The van der Waals surface area contributed by atoms with Gasteiger partial charge in [-0.1, -0.05) is 0 Å². The molecule has 4 saturated heterocycles. The van der Waals surface area contributed by atoms with Crippen LogP contribution in [0.15, 0.2) is 122 Å². The molecule has 0 radical (unpaired) electrons. The minimum Gasteiger partial charge on any atom is -0.394 e. The van der Waals surface area contributed by atoms with Gasteiger partial charge in [-0.25, -0.2) is 28.2 Å². The Kier molecular flexibility index (Phi) is 42.8. The van der Waals surface area contributed by atoms with Crippen LogP contribution in [0.5, 0.6) is 0 Å². The average Bonchev–Trinajstić information content (AvgIpc) is 1.61. The van der Waals surface area contributed by atoms with Crippen LogP contribution in [0.2, 0.25) is 0 Å². The topological polar surface area (TPSA) is 842 Å². The number of aliphatic hydroxyl groups is 32. The van der Waals surface area contributed by atoms with E-state index in [1.165, 1.54) is 0 Å². The van der Waals surface area contributed by atoms with E-state index < -0.39 is 273 Å². The average molecular weight is 2100 g/mol. The molecule has 13 heterocycles. The minimum absolute atomic E-state index is 0.161. The number of hydrogen-bond acceptors (Lipinski definition) is 46. The van der Waals surface area contributed by atoms with Gasteiger partial charge in [0.15, 0.2) is 101 Å². The quantitative estimate of drug-likeness (QED) is 0.0124. The fourth-order valence-corrected chi connectivity index (χ4v) is 18.1. The molecule has 0 amide bonds. The van der Waals surface area contributed by atoms with Crippen LogP contribution in [0.3, 0.4) is 0 Å². The molecular formula is C96H138N12O40+4. The predicted octanol–water partition coefficient (Wildman–Crippen LogP) is -16.1. The van der Waals surface area contributed by atoms with Crippen molar-refractivity contribution in [3.63, 3.8) is 0 Å². The van der Waals surface area contributed by atoms with E-state index in [0.717, 1.165) is 0 Å². The normalized spacial score (nSPS) is 28.2. The van der Waals surface area contributed by atoms with Crippen molar-refractivity contribution in [2.24, 2.45) is 0 Å². The van der Waals surface area contributed by atoms with Crippen molar-refractivity contribution in [3.8, 4) is 44.5 Å². The van der Waals surface area contributed by atoms with Crippen LogP contribution in [-0.4, -0.2) is 509 Å². The standard InChI is InChI=1S/C96H137N12O40/c109-37-61(121)89(145-93-85(137)81(133)77(129)65(41-113)141-93)73(125)57(117)33-97-17-29-105-21-9-45(10-22-105)69-49-1-2-50(101-49)70(46-11-23-106(24-12-46)30-18-98-34-58(118)74(126)90(62(122)38-110)146-94-86(138)82(134)78(130)66(42-114)142-94)52-5-6-54(103-52)72(48-15-27-108(28-16-48)32-20-100-36-60(120)76(128)92(64(124)40-112)148-96-88(140)84(136)80(132)68(44-116)144-96)56-8-7-55(104-56)71(53-4-3-51(69)102-53)47-13-25-107(26-14-47)31-19-99-35-59(119)75(127)91(63(123)39-111)147-95-87(139)83(135)79(131)67(43-115)143-95/h1-16,21-28,57-68,73-100,109-140H,17-20,29-44H2,(H,101,102,103,104)/q+3/p+1/t57-,58-,59-,60-,61+,62+,63+,64+,65+,66+,67+,68+,73+,74+,75+,76+,77+,78+,79+,80+,81-,82-,83-,84-,85+,86+,87+,88+,89+,90+,91+,92+,93-,94-,95-,96-/m0/s1. The number of rotatable bonds is 52. The van der Waals surface area contributed by atoms with Crippen LogP contribution in [0.25, 0.3) is 90.9 Å². The van der Waals surface area contributed by atoms with Gasteiger partial charge in [0, 0.05) is 119 Å². The third-order valence-corrected chi connectivity index (χ3v) is 26.8. The van der Waals surface area contributed by atoms with E-state index in [1.807, 2.05) is 128 Å². The van der Waals surface area contributed by atoms with Crippen molar-refractivity contribution in [3.05, 3.63) is 145 Å². The second-order valence-electron chi connectivity index (χ2n) is 37.0. The number of nitrogens with zero attached hydrogens (tertiary/aromatic N) is 6. The number of aromatic amines is 2. The van der Waals surface area contributed by atoms with Gasteiger partial charge in [0.1, 0.15) is 171 Å². The molecule has 148 heavy (non-hydrogen) atoms. The molecule has 13 rings (SSSR count). The number of hydrogen-bond donors (Lipinski definition) is 38. The van der Waals surface area contributed by atoms with Gasteiger partial charge in [0.2, 0.25) is 0 Å². The number of aromatic nitrogens is 8. The van der Waals surface area contributed by atoms with Gasteiger partial charge < -0.3 is 233 Å². The summed E-state index contributed by atoms with van der Waals surface area (Å²) in [5.41, 5.74) is 9.18. The molecule has 6 aliphatic heterocycles. The molecule has 38 N–H and O–H groups in total. The van der Waals surface area contributed by atoms with E-state index in [0.29, 0.717) is 89.4 Å². The summed E-state index contributed by atoms with van der Waals surface area (Å²) < 4.78 is 51.4. The van der Waals surface area contributed by atoms with Crippen molar-refractivity contribution in [2.45, 2.75) is 247 Å². The molecule has 0 spiro atoms. The van der Waals surface area contributed by atoms with Crippen molar-refractivity contribution in [1.29, 1.82) is 0 Å². The Morgan fingerprint density at radius 1 is 0.264 bits per heavy atom. The Morgan fingerprint density at radius 3 is 0.682 bits per heavy atom. The number of ether oxygens (including phenoxy) is 8. The maximum atomic E-state index is 11.3.